The van der Waals surface area contributed by atoms with Crippen molar-refractivity contribution < 1.29 is 60.5 Å². The largest absolute Gasteiger partial charge is 0.457 e. The maximum Gasteiger partial charge on any atom is 0.369 e. The number of esters is 2. The molecule has 11 nitrogen and oxygen atoms in total. The third-order valence-electron chi connectivity index (χ3n) is 11.8. The minimum Gasteiger partial charge on any atom is -0.457 e. The van der Waals surface area contributed by atoms with E-state index in [1.165, 1.54) is 36.4 Å². The topological polar surface area (TPSA) is 155 Å². The average Bonchev–Trinajstić information content (AvgIpc) is 4.07. The Balaban J connectivity index is 1.00. The summed E-state index contributed by atoms with van der Waals surface area (Å²) < 4.78 is 74.7. The predicted octanol–water partition coefficient (Wildman–Crippen LogP) is 9.42. The molecule has 11 rings (SSSR count). The maximum atomic E-state index is 14.7. The first kappa shape index (κ1) is 42.6. The van der Waals surface area contributed by atoms with Gasteiger partial charge in [-0.25, -0.2) is 32.1 Å². The van der Waals surface area contributed by atoms with Crippen molar-refractivity contribution in [2.45, 2.75) is 24.2 Å². The third kappa shape index (κ3) is 6.92. The summed E-state index contributed by atoms with van der Waals surface area (Å²) in [6, 6.07) is 26.1. The number of carbonyl (C=O) groups excluding carboxylic acids is 6. The normalized spacial score (nSPS) is 16.6. The van der Waals surface area contributed by atoms with Crippen LogP contribution in [0.2, 0.25) is 0 Å². The molecule has 0 saturated carbocycles. The molecule has 1 aromatic heterocycles. The van der Waals surface area contributed by atoms with E-state index in [-0.39, 0.29) is 94.5 Å². The Labute approximate surface area is 388 Å². The van der Waals surface area contributed by atoms with Gasteiger partial charge in [-0.1, -0.05) is 72.4 Å². The Hall–Kier alpha value is -8.02. The summed E-state index contributed by atoms with van der Waals surface area (Å²) in [5.74, 6) is -10.1. The Morgan fingerprint density at radius 2 is 1.06 bits per heavy atom. The van der Waals surface area contributed by atoms with Crippen LogP contribution >= 0.6 is 23.1 Å². The molecule has 6 aromatic carbocycles. The van der Waals surface area contributed by atoms with E-state index < -0.39 is 69.3 Å². The molecule has 17 heteroatoms. The van der Waals surface area contributed by atoms with Gasteiger partial charge in [0, 0.05) is 22.3 Å². The zero-order chi connectivity index (χ0) is 47.2. The fourth-order valence-electron chi connectivity index (χ4n) is 8.42. The molecule has 334 valence electrons. The van der Waals surface area contributed by atoms with Crippen LogP contribution in [0.3, 0.4) is 0 Å². The molecular weight excluding hydrogens is 925 g/mol. The summed E-state index contributed by atoms with van der Waals surface area (Å²) in [6.45, 7) is -0.631. The number of aromatic nitrogens is 1. The van der Waals surface area contributed by atoms with Crippen molar-refractivity contribution in [3.63, 3.8) is 0 Å². The summed E-state index contributed by atoms with van der Waals surface area (Å²) in [4.78, 5) is 89.8. The number of ketones is 4. The molecule has 7 aromatic rings. The lowest BCUT2D eigenvalue weighted by atomic mass is 9.96. The Morgan fingerprint density at radius 3 is 1.50 bits per heavy atom. The van der Waals surface area contributed by atoms with Crippen LogP contribution < -0.4 is 10.1 Å². The van der Waals surface area contributed by atoms with Gasteiger partial charge in [0.15, 0.2) is 46.4 Å². The molecule has 0 bridgehead atoms. The van der Waals surface area contributed by atoms with Crippen molar-refractivity contribution in [2.75, 3.05) is 0 Å². The lowest BCUT2D eigenvalue weighted by Gasteiger charge is -2.33. The molecule has 4 aliphatic rings. The van der Waals surface area contributed by atoms with Gasteiger partial charge in [-0.3, -0.25) is 19.2 Å². The van der Waals surface area contributed by atoms with Crippen molar-refractivity contribution in [1.29, 1.82) is 0 Å². The standard InChI is InChI=1S/C51H26F4N2O9S2/c52-35-15-25-11-29-30(12-26(25)16-36(35)53)42(59)33(41(29)58)19-39-56-47-45(67-39)46-48(57-40(68-46)20-34-43(60)31-13-27-17-37(54)38(55)18-28(27)14-32(31)44(34)61)66-51(47,49(62)64-21-23-7-3-1-4-8-23)50(63)65-22-24-9-5-2-6-10-24/h1-20,39,56H,21-22H2. The van der Waals surface area contributed by atoms with Crippen LogP contribution in [0.15, 0.2) is 132 Å². The van der Waals surface area contributed by atoms with Gasteiger partial charge >= 0.3 is 17.5 Å². The molecule has 2 aliphatic carbocycles. The highest BCUT2D eigenvalue weighted by atomic mass is 32.2. The summed E-state index contributed by atoms with van der Waals surface area (Å²) in [6.07, 6.45) is 2.50. The minimum absolute atomic E-state index is 0.0121. The fraction of sp³-hybridized carbons (Fsp3) is 0.0784. The molecule has 3 heterocycles. The van der Waals surface area contributed by atoms with E-state index in [1.807, 2.05) is 0 Å². The molecule has 0 amide bonds. The number of benzene rings is 6. The number of fused-ring (bicyclic) bond motifs is 6. The lowest BCUT2D eigenvalue weighted by Crippen LogP contribution is -2.59. The number of Topliss-reactive ketones (excluding diaryl/α,β-unsaturated/α-hetero) is 4. The van der Waals surface area contributed by atoms with E-state index in [2.05, 4.69) is 10.3 Å². The number of hydrogen-bond donors (Lipinski definition) is 1. The van der Waals surface area contributed by atoms with Crippen molar-refractivity contribution in [1.82, 2.24) is 10.3 Å². The lowest BCUT2D eigenvalue weighted by molar-refractivity contribution is -0.178. The molecule has 68 heavy (non-hydrogen) atoms. The second kappa shape index (κ2) is 16.1. The summed E-state index contributed by atoms with van der Waals surface area (Å²) in [7, 11) is 0. The number of rotatable bonds is 8. The maximum absolute atomic E-state index is 14.7. The SMILES string of the molecule is O=C1C(=Cc2nc3c(s2)C2=C(NC(C=C4C(=O)c5cc6cc(F)c(F)cc6cc5C4=O)S2)C(C(=O)OCc2ccccc2)(C(=O)OCc2ccccc2)O3)C(=O)c2cc3cc(F)c(F)cc3cc21. The number of carbonyl (C=O) groups is 6. The van der Waals surface area contributed by atoms with Crippen molar-refractivity contribution >= 4 is 90.7 Å². The van der Waals surface area contributed by atoms with E-state index >= 15 is 0 Å². The first-order chi connectivity index (χ1) is 32.8. The fourth-order valence-corrected chi connectivity index (χ4v) is 10.7. The monoisotopic (exact) mass is 950 g/mol. The number of thioether (sulfide) groups is 1. The first-order valence-electron chi connectivity index (χ1n) is 20.6. The van der Waals surface area contributed by atoms with Crippen molar-refractivity contribution in [3.8, 4) is 5.88 Å². The van der Waals surface area contributed by atoms with Crippen LogP contribution in [0.5, 0.6) is 5.88 Å². The van der Waals surface area contributed by atoms with Crippen molar-refractivity contribution in [3.05, 3.63) is 199 Å². The number of ether oxygens (including phenoxy) is 3. The Kier molecular flexibility index (Phi) is 10.1. The second-order valence-corrected chi connectivity index (χ2v) is 18.1. The van der Waals surface area contributed by atoms with Crippen LogP contribution in [0.4, 0.5) is 17.6 Å². The quantitative estimate of drug-likeness (QED) is 0.0507. The predicted molar refractivity (Wildman–Crippen MR) is 240 cm³/mol. The third-order valence-corrected chi connectivity index (χ3v) is 14.0. The van der Waals surface area contributed by atoms with Gasteiger partial charge in [-0.2, -0.15) is 0 Å². The van der Waals surface area contributed by atoms with Crippen LogP contribution in [0.1, 0.15) is 62.4 Å². The number of nitrogens with one attached hydrogen (secondary N) is 1. The number of allylic oxidation sites excluding steroid dienone is 2. The Morgan fingerprint density at radius 1 is 0.632 bits per heavy atom. The molecule has 0 saturated heterocycles. The van der Waals surface area contributed by atoms with E-state index in [0.717, 1.165) is 47.4 Å². The van der Waals surface area contributed by atoms with Crippen molar-refractivity contribution in [2.24, 2.45) is 0 Å². The molecule has 0 spiro atoms. The molecule has 1 atom stereocenters. The zero-order valence-electron chi connectivity index (χ0n) is 34.5. The molecule has 1 unspecified atom stereocenters. The Bertz CT molecular complexity index is 3390. The van der Waals surface area contributed by atoms with E-state index in [1.54, 1.807) is 60.7 Å². The minimum atomic E-state index is -2.76. The van der Waals surface area contributed by atoms with Gasteiger partial charge in [-0.15, -0.1) is 11.3 Å². The summed E-state index contributed by atoms with van der Waals surface area (Å²) in [5, 5.41) is 2.80. The number of nitrogens with zero attached hydrogens (tertiary/aromatic N) is 1. The summed E-state index contributed by atoms with van der Waals surface area (Å²) >= 11 is 1.90. The number of halogens is 4. The second-order valence-electron chi connectivity index (χ2n) is 16.0. The molecule has 0 radical (unpaired) electrons. The van der Waals surface area contributed by atoms with Gasteiger partial charge in [0.05, 0.1) is 27.1 Å². The smallest absolute Gasteiger partial charge is 0.369 e. The van der Waals surface area contributed by atoms with Gasteiger partial charge in [0.2, 0.25) is 5.88 Å². The van der Waals surface area contributed by atoms with E-state index in [4.69, 9.17) is 14.2 Å². The van der Waals surface area contributed by atoms with Crippen LogP contribution in [0.25, 0.3) is 32.5 Å². The molecular formula is C51H26F4N2O9S2. The first-order valence-corrected chi connectivity index (χ1v) is 22.3. The molecule has 0 fully saturated rings. The summed E-state index contributed by atoms with van der Waals surface area (Å²) in [5.41, 5.74) is -2.63. The van der Waals surface area contributed by atoms with Crippen LogP contribution in [0, 0.1) is 23.3 Å². The highest BCUT2D eigenvalue weighted by Crippen LogP contribution is 2.54. The zero-order valence-corrected chi connectivity index (χ0v) is 36.1. The molecule has 2 aliphatic heterocycles. The van der Waals surface area contributed by atoms with Gasteiger partial charge in [0.25, 0.3) is 0 Å². The van der Waals surface area contributed by atoms with E-state index in [9.17, 15) is 46.3 Å². The highest BCUT2D eigenvalue weighted by Gasteiger charge is 2.62. The average molecular weight is 951 g/mol. The van der Waals surface area contributed by atoms with E-state index in [0.29, 0.717) is 11.1 Å². The highest BCUT2D eigenvalue weighted by molar-refractivity contribution is 8.09. The van der Waals surface area contributed by atoms with Gasteiger partial charge in [0.1, 0.15) is 23.1 Å². The molecule has 1 N–H and O–H groups in total. The number of hydrogen-bond acceptors (Lipinski definition) is 13. The van der Waals surface area contributed by atoms with Crippen LogP contribution in [-0.2, 0) is 32.3 Å². The number of thiazole rings is 1. The van der Waals surface area contributed by atoms with Gasteiger partial charge < -0.3 is 19.5 Å². The van der Waals surface area contributed by atoms with Gasteiger partial charge in [-0.05, 0) is 93.4 Å². The van der Waals surface area contributed by atoms with Crippen LogP contribution in [-0.4, -0.2) is 51.0 Å².